The van der Waals surface area contributed by atoms with Gasteiger partial charge in [0.05, 0.1) is 6.61 Å². The van der Waals surface area contributed by atoms with Crippen LogP contribution in [-0.2, 0) is 16.6 Å². The van der Waals surface area contributed by atoms with E-state index in [2.05, 4.69) is 15.5 Å². The van der Waals surface area contributed by atoms with Gasteiger partial charge in [0, 0.05) is 12.8 Å². The van der Waals surface area contributed by atoms with Crippen LogP contribution < -0.4 is 5.32 Å². The Labute approximate surface area is 111 Å². The monoisotopic (exact) mass is 272 g/mol. The number of rotatable bonds is 7. The first-order valence-electron chi connectivity index (χ1n) is 5.92. The van der Waals surface area contributed by atoms with Gasteiger partial charge in [0.15, 0.2) is 5.16 Å². The molecule has 0 aromatic carbocycles. The molecular weight excluding hydrogens is 252 g/mol. The number of carbonyl (C=O) groups excluding carboxylic acids is 1. The summed E-state index contributed by atoms with van der Waals surface area (Å²) in [5, 5.41) is 11.9. The molecule has 0 bridgehead atoms. The van der Waals surface area contributed by atoms with Crippen molar-refractivity contribution in [2.45, 2.75) is 31.5 Å². The zero-order valence-electron chi connectivity index (χ0n) is 11.3. The van der Waals surface area contributed by atoms with Crippen molar-refractivity contribution in [2.75, 3.05) is 19.4 Å². The number of esters is 1. The zero-order chi connectivity index (χ0) is 13.5. The van der Waals surface area contributed by atoms with Crippen LogP contribution in [0.3, 0.4) is 0 Å². The summed E-state index contributed by atoms with van der Waals surface area (Å²) in [7, 11) is 3.69. The van der Waals surface area contributed by atoms with Gasteiger partial charge in [0.25, 0.3) is 0 Å². The average Bonchev–Trinajstić information content (AvgIpc) is 2.66. The number of nitrogens with one attached hydrogen (secondary N) is 1. The van der Waals surface area contributed by atoms with Crippen molar-refractivity contribution in [3.8, 4) is 0 Å². The highest BCUT2D eigenvalue weighted by molar-refractivity contribution is 7.99. The van der Waals surface area contributed by atoms with Crippen molar-refractivity contribution in [1.82, 2.24) is 20.1 Å². The molecule has 1 aromatic rings. The summed E-state index contributed by atoms with van der Waals surface area (Å²) in [5.41, 5.74) is 0. The van der Waals surface area contributed by atoms with Crippen LogP contribution in [0.25, 0.3) is 0 Å². The molecule has 1 N–H and O–H groups in total. The summed E-state index contributed by atoms with van der Waals surface area (Å²) in [6.45, 7) is 4.13. The molecule has 0 aliphatic heterocycles. The molecule has 7 heteroatoms. The van der Waals surface area contributed by atoms with Crippen LogP contribution >= 0.6 is 11.8 Å². The maximum atomic E-state index is 11.6. The normalized spacial score (nSPS) is 12.4. The average molecular weight is 272 g/mol. The largest absolute Gasteiger partial charge is 0.465 e. The van der Waals surface area contributed by atoms with Gasteiger partial charge in [-0.2, -0.15) is 0 Å². The van der Waals surface area contributed by atoms with Gasteiger partial charge >= 0.3 is 5.97 Å². The molecule has 1 atom stereocenters. The SMILES string of the molecule is CCOC(=O)C(CCSc1nnc(C)n1C)NC. The molecule has 1 rings (SSSR count). The second kappa shape index (κ2) is 7.38. The molecule has 0 saturated heterocycles. The number of hydrogen-bond donors (Lipinski definition) is 1. The summed E-state index contributed by atoms with van der Waals surface area (Å²) < 4.78 is 6.92. The van der Waals surface area contributed by atoms with E-state index in [4.69, 9.17) is 4.74 Å². The Morgan fingerprint density at radius 3 is 2.78 bits per heavy atom. The fourth-order valence-corrected chi connectivity index (χ4v) is 2.36. The third-order valence-electron chi connectivity index (χ3n) is 2.61. The van der Waals surface area contributed by atoms with E-state index < -0.39 is 0 Å². The molecular formula is C11H20N4O2S. The fraction of sp³-hybridized carbons (Fsp3) is 0.727. The molecule has 1 unspecified atom stereocenters. The number of hydrogen-bond acceptors (Lipinski definition) is 6. The van der Waals surface area contributed by atoms with Gasteiger partial charge in [-0.3, -0.25) is 4.79 Å². The summed E-state index contributed by atoms with van der Waals surface area (Å²) in [6, 6.07) is -0.258. The van der Waals surface area contributed by atoms with Gasteiger partial charge in [0.1, 0.15) is 11.9 Å². The maximum absolute atomic E-state index is 11.6. The van der Waals surface area contributed by atoms with E-state index in [1.807, 2.05) is 25.5 Å². The Hall–Kier alpha value is -1.08. The summed E-state index contributed by atoms with van der Waals surface area (Å²) >= 11 is 1.59. The van der Waals surface area contributed by atoms with Crippen LogP contribution in [0.2, 0.25) is 0 Å². The van der Waals surface area contributed by atoms with Gasteiger partial charge in [-0.05, 0) is 27.3 Å². The topological polar surface area (TPSA) is 69.0 Å². The number of nitrogens with zero attached hydrogens (tertiary/aromatic N) is 3. The number of aryl methyl sites for hydroxylation is 1. The first-order valence-corrected chi connectivity index (χ1v) is 6.91. The summed E-state index contributed by atoms with van der Waals surface area (Å²) in [5.74, 6) is 1.47. The molecule has 0 saturated carbocycles. The van der Waals surface area contributed by atoms with Crippen LogP contribution in [0.15, 0.2) is 5.16 Å². The van der Waals surface area contributed by atoms with Crippen LogP contribution in [0, 0.1) is 6.92 Å². The number of carbonyl (C=O) groups is 1. The van der Waals surface area contributed by atoms with E-state index in [1.165, 1.54) is 0 Å². The van der Waals surface area contributed by atoms with E-state index in [0.29, 0.717) is 13.0 Å². The zero-order valence-corrected chi connectivity index (χ0v) is 12.1. The molecule has 0 aliphatic carbocycles. The van der Waals surface area contributed by atoms with Crippen molar-refractivity contribution < 1.29 is 9.53 Å². The molecule has 0 amide bonds. The Morgan fingerprint density at radius 1 is 1.56 bits per heavy atom. The van der Waals surface area contributed by atoms with Crippen LogP contribution in [0.5, 0.6) is 0 Å². The van der Waals surface area contributed by atoms with E-state index >= 15 is 0 Å². The second-order valence-corrected chi connectivity index (χ2v) is 4.88. The highest BCUT2D eigenvalue weighted by atomic mass is 32.2. The predicted molar refractivity (Wildman–Crippen MR) is 70.6 cm³/mol. The lowest BCUT2D eigenvalue weighted by Gasteiger charge is -2.13. The fourth-order valence-electron chi connectivity index (χ4n) is 1.40. The molecule has 0 spiro atoms. The highest BCUT2D eigenvalue weighted by Crippen LogP contribution is 2.17. The molecule has 1 heterocycles. The maximum Gasteiger partial charge on any atom is 0.323 e. The molecule has 0 aliphatic rings. The van der Waals surface area contributed by atoms with Crippen molar-refractivity contribution in [3.05, 3.63) is 5.82 Å². The van der Waals surface area contributed by atoms with Gasteiger partial charge < -0.3 is 14.6 Å². The smallest absolute Gasteiger partial charge is 0.323 e. The Bertz CT molecular complexity index is 394. The van der Waals surface area contributed by atoms with Gasteiger partial charge in [0.2, 0.25) is 0 Å². The van der Waals surface area contributed by atoms with Crippen LogP contribution in [0.1, 0.15) is 19.2 Å². The molecule has 1 aromatic heterocycles. The molecule has 0 fully saturated rings. The Kier molecular flexibility index (Phi) is 6.14. The number of ether oxygens (including phenoxy) is 1. The molecule has 18 heavy (non-hydrogen) atoms. The Morgan fingerprint density at radius 2 is 2.28 bits per heavy atom. The van der Waals surface area contributed by atoms with Crippen molar-refractivity contribution in [1.29, 1.82) is 0 Å². The van der Waals surface area contributed by atoms with Crippen molar-refractivity contribution >= 4 is 17.7 Å². The van der Waals surface area contributed by atoms with Gasteiger partial charge in [-0.25, -0.2) is 0 Å². The lowest BCUT2D eigenvalue weighted by Crippen LogP contribution is -2.36. The van der Waals surface area contributed by atoms with Crippen LogP contribution in [0.4, 0.5) is 0 Å². The molecule has 102 valence electrons. The third kappa shape index (κ3) is 3.99. The van der Waals surface area contributed by atoms with Crippen LogP contribution in [-0.4, -0.2) is 46.2 Å². The molecule has 6 nitrogen and oxygen atoms in total. The summed E-state index contributed by atoms with van der Waals surface area (Å²) in [4.78, 5) is 11.6. The number of aromatic nitrogens is 3. The van der Waals surface area contributed by atoms with E-state index in [-0.39, 0.29) is 12.0 Å². The quantitative estimate of drug-likeness (QED) is 0.584. The van der Waals surface area contributed by atoms with Crippen molar-refractivity contribution in [3.63, 3.8) is 0 Å². The molecule has 0 radical (unpaired) electrons. The third-order valence-corrected chi connectivity index (χ3v) is 3.66. The highest BCUT2D eigenvalue weighted by Gasteiger charge is 2.17. The van der Waals surface area contributed by atoms with Crippen molar-refractivity contribution in [2.24, 2.45) is 7.05 Å². The first kappa shape index (κ1) is 15.0. The van der Waals surface area contributed by atoms with E-state index in [0.717, 1.165) is 16.7 Å². The van der Waals surface area contributed by atoms with Gasteiger partial charge in [-0.15, -0.1) is 10.2 Å². The standard InChI is InChI=1S/C11H20N4O2S/c1-5-17-10(16)9(12-3)6-7-18-11-14-13-8(2)15(11)4/h9,12H,5-7H2,1-4H3. The number of thioether (sulfide) groups is 1. The van der Waals surface area contributed by atoms with E-state index in [9.17, 15) is 4.79 Å². The second-order valence-electron chi connectivity index (χ2n) is 3.82. The lowest BCUT2D eigenvalue weighted by atomic mass is 10.2. The first-order chi connectivity index (χ1) is 8.60. The number of likely N-dealkylation sites (N-methyl/N-ethyl adjacent to an activating group) is 1. The van der Waals surface area contributed by atoms with E-state index in [1.54, 1.807) is 18.8 Å². The van der Waals surface area contributed by atoms with Gasteiger partial charge in [-0.1, -0.05) is 11.8 Å². The Balaban J connectivity index is 2.40. The lowest BCUT2D eigenvalue weighted by molar-refractivity contribution is -0.145. The minimum Gasteiger partial charge on any atom is -0.465 e. The summed E-state index contributed by atoms with van der Waals surface area (Å²) in [6.07, 6.45) is 0.700. The minimum atomic E-state index is -0.258. The predicted octanol–water partition coefficient (Wildman–Crippen LogP) is 0.757. The minimum absolute atomic E-state index is 0.199.